The standard InChI is InChI=1S/C17H22N4O2/c18-17(23)15-9-14(19-20-15)13-7-4-8-21(10-13)11-16(22)12-5-2-1-3-6-12/h1-3,5-6,9,13,16,22H,4,7-8,10-11H2,(H2,18,23)(H,19,20)/t13-,16-/m0/s1. The summed E-state index contributed by atoms with van der Waals surface area (Å²) in [4.78, 5) is 13.4. The van der Waals surface area contributed by atoms with Crippen molar-refractivity contribution in [2.45, 2.75) is 24.9 Å². The highest BCUT2D eigenvalue weighted by molar-refractivity contribution is 5.90. The highest BCUT2D eigenvalue weighted by Gasteiger charge is 2.25. The van der Waals surface area contributed by atoms with Crippen LogP contribution in [0.3, 0.4) is 0 Å². The van der Waals surface area contributed by atoms with Crippen LogP contribution in [0.15, 0.2) is 36.4 Å². The molecule has 1 aromatic carbocycles. The number of likely N-dealkylation sites (tertiary alicyclic amines) is 1. The molecule has 6 heteroatoms. The lowest BCUT2D eigenvalue weighted by molar-refractivity contribution is 0.0950. The van der Waals surface area contributed by atoms with Crippen LogP contribution < -0.4 is 5.73 Å². The number of hydrogen-bond acceptors (Lipinski definition) is 4. The van der Waals surface area contributed by atoms with Crippen LogP contribution in [-0.4, -0.2) is 45.7 Å². The summed E-state index contributed by atoms with van der Waals surface area (Å²) in [6.07, 6.45) is 1.60. The Kier molecular flexibility index (Phi) is 4.73. The molecule has 3 rings (SSSR count). The monoisotopic (exact) mass is 314 g/mol. The van der Waals surface area contributed by atoms with Crippen molar-refractivity contribution in [2.24, 2.45) is 5.73 Å². The van der Waals surface area contributed by atoms with Crippen molar-refractivity contribution in [2.75, 3.05) is 19.6 Å². The second-order valence-corrected chi connectivity index (χ2v) is 6.10. The van der Waals surface area contributed by atoms with E-state index in [1.54, 1.807) is 6.07 Å². The number of benzene rings is 1. The molecular formula is C17H22N4O2. The number of primary amides is 1. The topological polar surface area (TPSA) is 95.2 Å². The molecular weight excluding hydrogens is 292 g/mol. The molecule has 1 aliphatic heterocycles. The van der Waals surface area contributed by atoms with Crippen LogP contribution in [0, 0.1) is 0 Å². The van der Waals surface area contributed by atoms with E-state index in [1.165, 1.54) is 0 Å². The molecule has 1 amide bonds. The molecule has 2 heterocycles. The van der Waals surface area contributed by atoms with E-state index in [0.29, 0.717) is 6.54 Å². The van der Waals surface area contributed by atoms with Gasteiger partial charge in [0.25, 0.3) is 5.91 Å². The Morgan fingerprint density at radius 2 is 2.22 bits per heavy atom. The van der Waals surface area contributed by atoms with Gasteiger partial charge in [-0.15, -0.1) is 0 Å². The van der Waals surface area contributed by atoms with Crippen LogP contribution in [0.5, 0.6) is 0 Å². The molecule has 1 aromatic heterocycles. The van der Waals surface area contributed by atoms with Gasteiger partial charge in [0.05, 0.1) is 6.10 Å². The molecule has 0 radical (unpaired) electrons. The summed E-state index contributed by atoms with van der Waals surface area (Å²) in [5, 5.41) is 17.3. The van der Waals surface area contributed by atoms with E-state index >= 15 is 0 Å². The lowest BCUT2D eigenvalue weighted by Gasteiger charge is -2.33. The van der Waals surface area contributed by atoms with Gasteiger partial charge in [-0.25, -0.2) is 0 Å². The number of carbonyl (C=O) groups excluding carboxylic acids is 1. The van der Waals surface area contributed by atoms with Gasteiger partial charge in [-0.2, -0.15) is 5.10 Å². The number of aliphatic hydroxyl groups is 1. The third-order valence-corrected chi connectivity index (χ3v) is 4.41. The molecule has 1 saturated heterocycles. The zero-order chi connectivity index (χ0) is 16.2. The second kappa shape index (κ2) is 6.93. The molecule has 4 N–H and O–H groups in total. The van der Waals surface area contributed by atoms with E-state index in [4.69, 9.17) is 5.73 Å². The molecule has 0 aliphatic carbocycles. The molecule has 2 aromatic rings. The van der Waals surface area contributed by atoms with Gasteiger partial charge in [-0.05, 0) is 31.0 Å². The number of rotatable bonds is 5. The van der Waals surface area contributed by atoms with E-state index in [1.807, 2.05) is 30.3 Å². The number of nitrogens with one attached hydrogen (secondary N) is 1. The Morgan fingerprint density at radius 1 is 1.43 bits per heavy atom. The average Bonchev–Trinajstić information content (AvgIpc) is 3.06. The van der Waals surface area contributed by atoms with Crippen LogP contribution in [0.2, 0.25) is 0 Å². The van der Waals surface area contributed by atoms with Gasteiger partial charge in [0.1, 0.15) is 5.69 Å². The largest absolute Gasteiger partial charge is 0.387 e. The summed E-state index contributed by atoms with van der Waals surface area (Å²) in [5.74, 6) is -0.230. The third-order valence-electron chi connectivity index (χ3n) is 4.41. The maximum atomic E-state index is 11.2. The van der Waals surface area contributed by atoms with Gasteiger partial charge in [0, 0.05) is 24.7 Å². The molecule has 0 saturated carbocycles. The molecule has 0 spiro atoms. The minimum absolute atomic E-state index is 0.279. The fraction of sp³-hybridized carbons (Fsp3) is 0.412. The molecule has 6 nitrogen and oxygen atoms in total. The van der Waals surface area contributed by atoms with Crippen molar-refractivity contribution in [3.8, 4) is 0 Å². The van der Waals surface area contributed by atoms with Gasteiger partial charge in [0.15, 0.2) is 0 Å². The number of hydrogen-bond donors (Lipinski definition) is 3. The number of nitrogens with zero attached hydrogens (tertiary/aromatic N) is 2. The minimum atomic E-state index is -0.514. The fourth-order valence-corrected chi connectivity index (χ4v) is 3.17. The number of nitrogens with two attached hydrogens (primary N) is 1. The fourth-order valence-electron chi connectivity index (χ4n) is 3.17. The molecule has 1 aliphatic rings. The number of aliphatic hydroxyl groups excluding tert-OH is 1. The Morgan fingerprint density at radius 3 is 2.91 bits per heavy atom. The normalized spacial score (nSPS) is 20.3. The summed E-state index contributed by atoms with van der Waals surface area (Å²) in [6, 6.07) is 11.5. The number of β-amino-alcohol motifs (C(OH)–C–C–N with tert-alkyl or cyclic N) is 1. The summed E-state index contributed by atoms with van der Waals surface area (Å²) < 4.78 is 0. The highest BCUT2D eigenvalue weighted by atomic mass is 16.3. The second-order valence-electron chi connectivity index (χ2n) is 6.10. The van der Waals surface area contributed by atoms with Crippen molar-refractivity contribution in [3.05, 3.63) is 53.3 Å². The number of aromatic amines is 1. The molecule has 2 atom stereocenters. The molecule has 122 valence electrons. The zero-order valence-corrected chi connectivity index (χ0v) is 13.0. The summed E-state index contributed by atoms with van der Waals surface area (Å²) in [5.41, 5.74) is 7.41. The maximum Gasteiger partial charge on any atom is 0.269 e. The number of amides is 1. The van der Waals surface area contributed by atoms with Crippen LogP contribution in [-0.2, 0) is 0 Å². The van der Waals surface area contributed by atoms with Crippen molar-refractivity contribution in [3.63, 3.8) is 0 Å². The summed E-state index contributed by atoms with van der Waals surface area (Å²) in [6.45, 7) is 2.42. The first kappa shape index (κ1) is 15.7. The summed E-state index contributed by atoms with van der Waals surface area (Å²) >= 11 is 0. The van der Waals surface area contributed by atoms with Crippen molar-refractivity contribution in [1.29, 1.82) is 0 Å². The first-order chi connectivity index (χ1) is 11.1. The van der Waals surface area contributed by atoms with Crippen LogP contribution in [0.4, 0.5) is 0 Å². The Balaban J connectivity index is 1.62. The molecule has 23 heavy (non-hydrogen) atoms. The Hall–Kier alpha value is -2.18. The number of carbonyl (C=O) groups is 1. The van der Waals surface area contributed by atoms with Gasteiger partial charge in [0.2, 0.25) is 0 Å². The average molecular weight is 314 g/mol. The van der Waals surface area contributed by atoms with Crippen LogP contribution in [0.25, 0.3) is 0 Å². The highest BCUT2D eigenvalue weighted by Crippen LogP contribution is 2.27. The molecule has 0 unspecified atom stereocenters. The first-order valence-corrected chi connectivity index (χ1v) is 7.94. The van der Waals surface area contributed by atoms with Gasteiger partial charge in [-0.1, -0.05) is 30.3 Å². The SMILES string of the molecule is NC(=O)c1cc([C@H]2CCCN(C[C@H](O)c3ccccc3)C2)[nH]n1. The predicted octanol–water partition coefficient (Wildman–Crippen LogP) is 1.42. The minimum Gasteiger partial charge on any atom is -0.387 e. The van der Waals surface area contributed by atoms with E-state index in [2.05, 4.69) is 15.1 Å². The number of H-pyrrole nitrogens is 1. The number of aromatic nitrogens is 2. The van der Waals surface area contributed by atoms with Crippen LogP contribution >= 0.6 is 0 Å². The maximum absolute atomic E-state index is 11.2. The first-order valence-electron chi connectivity index (χ1n) is 7.94. The van der Waals surface area contributed by atoms with Crippen molar-refractivity contribution >= 4 is 5.91 Å². The lowest BCUT2D eigenvalue weighted by atomic mass is 9.94. The van der Waals surface area contributed by atoms with E-state index in [9.17, 15) is 9.90 Å². The van der Waals surface area contributed by atoms with Crippen molar-refractivity contribution in [1.82, 2.24) is 15.1 Å². The summed E-state index contributed by atoms with van der Waals surface area (Å²) in [7, 11) is 0. The third kappa shape index (κ3) is 3.78. The van der Waals surface area contributed by atoms with Crippen molar-refractivity contribution < 1.29 is 9.90 Å². The van der Waals surface area contributed by atoms with E-state index in [0.717, 1.165) is 37.2 Å². The lowest BCUT2D eigenvalue weighted by Crippen LogP contribution is -2.37. The van der Waals surface area contributed by atoms with Crippen LogP contribution in [0.1, 0.15) is 46.6 Å². The molecule has 1 fully saturated rings. The smallest absolute Gasteiger partial charge is 0.269 e. The van der Waals surface area contributed by atoms with E-state index in [-0.39, 0.29) is 11.6 Å². The zero-order valence-electron chi connectivity index (χ0n) is 13.0. The molecule has 0 bridgehead atoms. The van der Waals surface area contributed by atoms with Gasteiger partial charge in [-0.3, -0.25) is 14.8 Å². The van der Waals surface area contributed by atoms with E-state index < -0.39 is 12.0 Å². The quantitative estimate of drug-likeness (QED) is 0.778. The van der Waals surface area contributed by atoms with Gasteiger partial charge < -0.3 is 10.8 Å². The Bertz CT molecular complexity index is 656. The van der Waals surface area contributed by atoms with Gasteiger partial charge >= 0.3 is 0 Å². The predicted molar refractivity (Wildman–Crippen MR) is 86.9 cm³/mol. The number of piperidine rings is 1. The Labute approximate surface area is 135 Å².